The molecule has 5 heteroatoms. The molecular weight excluding hydrogens is 350 g/mol. The van der Waals surface area contributed by atoms with E-state index in [0.29, 0.717) is 5.92 Å². The summed E-state index contributed by atoms with van der Waals surface area (Å²) in [6, 6.07) is 8.32. The van der Waals surface area contributed by atoms with Crippen LogP contribution in [-0.2, 0) is 6.61 Å². The minimum atomic E-state index is -0.0379. The van der Waals surface area contributed by atoms with Crippen LogP contribution in [0.5, 0.6) is 5.75 Å². The quantitative estimate of drug-likeness (QED) is 0.579. The van der Waals surface area contributed by atoms with E-state index in [4.69, 9.17) is 4.74 Å². The van der Waals surface area contributed by atoms with Crippen molar-refractivity contribution in [3.63, 3.8) is 0 Å². The van der Waals surface area contributed by atoms with Crippen LogP contribution in [-0.4, -0.2) is 26.3 Å². The Morgan fingerprint density at radius 3 is 2.61 bits per heavy atom. The molecule has 1 aliphatic rings. The topological polar surface area (TPSA) is 59.7 Å². The summed E-state index contributed by atoms with van der Waals surface area (Å²) < 4.78 is 7.77. The van der Waals surface area contributed by atoms with Crippen LogP contribution < -0.4 is 4.74 Å². The number of aromatic nitrogens is 3. The maximum Gasteiger partial charge on any atom is 0.160 e. The van der Waals surface area contributed by atoms with Crippen molar-refractivity contribution in [3.8, 4) is 16.9 Å². The lowest BCUT2D eigenvalue weighted by molar-refractivity contribution is 0.283. The molecule has 4 rings (SSSR count). The van der Waals surface area contributed by atoms with Gasteiger partial charge in [-0.2, -0.15) is 5.10 Å². The van der Waals surface area contributed by atoms with Gasteiger partial charge in [0.2, 0.25) is 0 Å². The number of hydrogen-bond acceptors (Lipinski definition) is 4. The van der Waals surface area contributed by atoms with Crippen molar-refractivity contribution < 1.29 is 9.84 Å². The fraction of sp³-hybridized carbons (Fsp3) is 0.478. The Morgan fingerprint density at radius 1 is 1.11 bits per heavy atom. The molecule has 0 atom stereocenters. The number of aliphatic hydroxyl groups is 1. The molecule has 0 spiro atoms. The van der Waals surface area contributed by atoms with Crippen LogP contribution in [0.4, 0.5) is 0 Å². The Morgan fingerprint density at radius 2 is 1.89 bits per heavy atom. The number of hydrogen-bond donors (Lipinski definition) is 1. The average Bonchev–Trinajstić information content (AvgIpc) is 3.17. The Balaban J connectivity index is 1.73. The van der Waals surface area contributed by atoms with Crippen LogP contribution in [0.25, 0.3) is 16.8 Å². The maximum atomic E-state index is 9.62. The lowest BCUT2D eigenvalue weighted by Crippen LogP contribution is -2.13. The number of nitrogens with zero attached hydrogens (tertiary/aromatic N) is 3. The van der Waals surface area contributed by atoms with Crippen LogP contribution in [0.1, 0.15) is 69.0 Å². The second-order valence-electron chi connectivity index (χ2n) is 7.68. The third-order valence-corrected chi connectivity index (χ3v) is 5.73. The number of fused-ring (bicyclic) bond motifs is 1. The van der Waals surface area contributed by atoms with Gasteiger partial charge in [0.15, 0.2) is 5.65 Å². The van der Waals surface area contributed by atoms with E-state index >= 15 is 0 Å². The first-order valence-corrected chi connectivity index (χ1v) is 10.5. The first-order chi connectivity index (χ1) is 13.8. The van der Waals surface area contributed by atoms with E-state index in [1.54, 1.807) is 6.20 Å². The first-order valence-electron chi connectivity index (χ1n) is 10.5. The van der Waals surface area contributed by atoms with Crippen molar-refractivity contribution in [2.75, 3.05) is 6.61 Å². The van der Waals surface area contributed by atoms with Crippen LogP contribution in [0.2, 0.25) is 0 Å². The Labute approximate surface area is 166 Å². The van der Waals surface area contributed by atoms with Crippen molar-refractivity contribution in [2.24, 2.45) is 0 Å². The smallest absolute Gasteiger partial charge is 0.160 e. The van der Waals surface area contributed by atoms with E-state index in [1.165, 1.54) is 37.8 Å². The van der Waals surface area contributed by atoms with Gasteiger partial charge >= 0.3 is 0 Å². The van der Waals surface area contributed by atoms with E-state index in [1.807, 2.05) is 22.8 Å². The number of ether oxygens (including phenoxy) is 1. The first kappa shape index (κ1) is 18.9. The standard InChI is InChI=1S/C23H29N3O2/c1-2-3-13-28-20-11-9-17(10-12-20)21-15-24-23-19(16-27)14-25-26(23)22(21)18-7-5-4-6-8-18/h9-12,14-15,18,27H,2-8,13,16H2,1H3. The molecule has 5 nitrogen and oxygen atoms in total. The summed E-state index contributed by atoms with van der Waals surface area (Å²) in [6.45, 7) is 2.89. The van der Waals surface area contributed by atoms with Gasteiger partial charge in [-0.3, -0.25) is 0 Å². The molecule has 1 aromatic carbocycles. The SMILES string of the molecule is CCCCOc1ccc(-c2cnc3c(CO)cnn3c2C2CCCCC2)cc1. The van der Waals surface area contributed by atoms with Gasteiger partial charge in [0, 0.05) is 23.2 Å². The molecule has 1 saturated carbocycles. The number of aliphatic hydroxyl groups excluding tert-OH is 1. The van der Waals surface area contributed by atoms with E-state index in [-0.39, 0.29) is 6.61 Å². The van der Waals surface area contributed by atoms with Gasteiger partial charge in [0.25, 0.3) is 0 Å². The number of benzene rings is 1. The van der Waals surface area contributed by atoms with Gasteiger partial charge in [-0.25, -0.2) is 9.50 Å². The largest absolute Gasteiger partial charge is 0.494 e. The molecule has 0 amide bonds. The van der Waals surface area contributed by atoms with Crippen molar-refractivity contribution in [2.45, 2.75) is 64.4 Å². The summed E-state index contributed by atoms with van der Waals surface area (Å²) in [5.74, 6) is 1.38. The highest BCUT2D eigenvalue weighted by Crippen LogP contribution is 2.38. The fourth-order valence-electron chi connectivity index (χ4n) is 4.16. The molecule has 0 radical (unpaired) electrons. The zero-order chi connectivity index (χ0) is 19.3. The molecule has 2 aromatic heterocycles. The minimum Gasteiger partial charge on any atom is -0.494 e. The van der Waals surface area contributed by atoms with Crippen LogP contribution in [0, 0.1) is 0 Å². The third kappa shape index (κ3) is 3.76. The molecule has 1 N–H and O–H groups in total. The van der Waals surface area contributed by atoms with Gasteiger partial charge in [-0.05, 0) is 37.0 Å². The minimum absolute atomic E-state index is 0.0379. The Hall–Kier alpha value is -2.40. The van der Waals surface area contributed by atoms with E-state index in [9.17, 15) is 5.11 Å². The summed E-state index contributed by atoms with van der Waals surface area (Å²) in [5.41, 5.74) is 5.05. The van der Waals surface area contributed by atoms with Gasteiger partial charge in [-0.15, -0.1) is 0 Å². The molecular formula is C23H29N3O2. The second-order valence-corrected chi connectivity index (χ2v) is 7.68. The molecule has 148 valence electrons. The normalized spacial score (nSPS) is 15.2. The molecule has 0 bridgehead atoms. The van der Waals surface area contributed by atoms with Crippen molar-refractivity contribution in [1.29, 1.82) is 0 Å². The maximum absolute atomic E-state index is 9.62. The summed E-state index contributed by atoms with van der Waals surface area (Å²) in [5, 5.41) is 14.2. The molecule has 0 unspecified atom stereocenters. The summed E-state index contributed by atoms with van der Waals surface area (Å²) in [6.07, 6.45) is 12.1. The van der Waals surface area contributed by atoms with Gasteiger partial charge in [0.05, 0.1) is 25.1 Å². The number of rotatable bonds is 7. The van der Waals surface area contributed by atoms with Crippen LogP contribution >= 0.6 is 0 Å². The predicted molar refractivity (Wildman–Crippen MR) is 111 cm³/mol. The zero-order valence-electron chi connectivity index (χ0n) is 16.6. The van der Waals surface area contributed by atoms with E-state index in [2.05, 4.69) is 29.1 Å². The van der Waals surface area contributed by atoms with Crippen LogP contribution in [0.3, 0.4) is 0 Å². The highest BCUT2D eigenvalue weighted by Gasteiger charge is 2.24. The van der Waals surface area contributed by atoms with Gasteiger partial charge in [0.1, 0.15) is 5.75 Å². The number of unbranched alkanes of at least 4 members (excludes halogenated alkanes) is 1. The highest BCUT2D eigenvalue weighted by atomic mass is 16.5. The van der Waals surface area contributed by atoms with Crippen molar-refractivity contribution in [1.82, 2.24) is 14.6 Å². The van der Waals surface area contributed by atoms with Gasteiger partial charge < -0.3 is 9.84 Å². The third-order valence-electron chi connectivity index (χ3n) is 5.73. The van der Waals surface area contributed by atoms with Crippen molar-refractivity contribution in [3.05, 3.63) is 47.9 Å². The summed E-state index contributed by atoms with van der Waals surface area (Å²) in [4.78, 5) is 4.64. The molecule has 3 aromatic rings. The lowest BCUT2D eigenvalue weighted by atomic mass is 9.84. The molecule has 1 aliphatic carbocycles. The molecule has 28 heavy (non-hydrogen) atoms. The zero-order valence-corrected chi connectivity index (χ0v) is 16.6. The second kappa shape index (κ2) is 8.74. The highest BCUT2D eigenvalue weighted by molar-refractivity contribution is 5.68. The fourth-order valence-corrected chi connectivity index (χ4v) is 4.16. The van der Waals surface area contributed by atoms with E-state index in [0.717, 1.165) is 47.5 Å². The lowest BCUT2D eigenvalue weighted by Gasteiger charge is -2.25. The Kier molecular flexibility index (Phi) is 5.91. The van der Waals surface area contributed by atoms with Crippen LogP contribution in [0.15, 0.2) is 36.7 Å². The monoisotopic (exact) mass is 379 g/mol. The average molecular weight is 380 g/mol. The molecule has 2 heterocycles. The summed E-state index contributed by atoms with van der Waals surface area (Å²) >= 11 is 0. The summed E-state index contributed by atoms with van der Waals surface area (Å²) in [7, 11) is 0. The molecule has 0 saturated heterocycles. The Bertz CT molecular complexity index is 911. The molecule has 0 aliphatic heterocycles. The van der Waals surface area contributed by atoms with Gasteiger partial charge in [-0.1, -0.05) is 44.7 Å². The molecule has 1 fully saturated rings. The van der Waals surface area contributed by atoms with E-state index < -0.39 is 0 Å². The predicted octanol–water partition coefficient (Wildman–Crippen LogP) is 5.12. The van der Waals surface area contributed by atoms with Crippen molar-refractivity contribution >= 4 is 5.65 Å².